The van der Waals surface area contributed by atoms with Gasteiger partial charge in [-0.25, -0.2) is 4.79 Å². The summed E-state index contributed by atoms with van der Waals surface area (Å²) in [6.07, 6.45) is -0.831. The average Bonchev–Trinajstić information content (AvgIpc) is 2.59. The molecule has 0 saturated heterocycles. The van der Waals surface area contributed by atoms with Gasteiger partial charge in [-0.15, -0.1) is 0 Å². The number of benzene rings is 2. The number of carboxylic acids is 2. The number of rotatable bonds is 7. The number of aliphatic carboxylic acids is 2. The van der Waals surface area contributed by atoms with Gasteiger partial charge in [0.2, 0.25) is 0 Å². The zero-order valence-electron chi connectivity index (χ0n) is 13.7. The fourth-order valence-electron chi connectivity index (χ4n) is 2.49. The normalized spacial score (nSPS) is 11.6. The van der Waals surface area contributed by atoms with Gasteiger partial charge in [0.1, 0.15) is 0 Å². The molecule has 0 aliphatic rings. The summed E-state index contributed by atoms with van der Waals surface area (Å²) in [5, 5.41) is 18.5. The van der Waals surface area contributed by atoms with Crippen LogP contribution in [0.5, 0.6) is 0 Å². The molecule has 2 aromatic carbocycles. The number of allylic oxidation sites excluding steroid dienone is 1. The van der Waals surface area contributed by atoms with E-state index in [1.54, 1.807) is 54.6 Å². The largest absolute Gasteiger partial charge is 0.481 e. The Balaban J connectivity index is 2.51. The SMILES string of the molecule is Cc1ccc(C(CC(=O)c2ccccc2)=C(CC(=O)O)C(=O)O)cc1. The van der Waals surface area contributed by atoms with Crippen LogP contribution in [0.15, 0.2) is 60.2 Å². The average molecular weight is 338 g/mol. The Bertz CT molecular complexity index is 817. The van der Waals surface area contributed by atoms with Crippen molar-refractivity contribution in [2.75, 3.05) is 0 Å². The van der Waals surface area contributed by atoms with Gasteiger partial charge in [0.15, 0.2) is 5.78 Å². The molecule has 128 valence electrons. The standard InChI is InChI=1S/C20H18O5/c1-13-7-9-14(10-8-13)16(17(20(24)25)12-19(22)23)11-18(21)15-5-3-2-4-6-15/h2-10H,11-12H2,1H3,(H,22,23)(H,24,25). The van der Waals surface area contributed by atoms with Crippen molar-refractivity contribution in [3.63, 3.8) is 0 Å². The zero-order chi connectivity index (χ0) is 18.4. The molecule has 25 heavy (non-hydrogen) atoms. The Morgan fingerprint density at radius 2 is 1.40 bits per heavy atom. The molecule has 5 nitrogen and oxygen atoms in total. The highest BCUT2D eigenvalue weighted by molar-refractivity contribution is 6.08. The molecule has 2 aromatic rings. The van der Waals surface area contributed by atoms with Crippen molar-refractivity contribution in [2.24, 2.45) is 0 Å². The number of carbonyl (C=O) groups is 3. The first-order chi connectivity index (χ1) is 11.9. The second-order valence-corrected chi connectivity index (χ2v) is 5.66. The lowest BCUT2D eigenvalue weighted by Crippen LogP contribution is -2.12. The van der Waals surface area contributed by atoms with Crippen LogP contribution in [0.1, 0.15) is 34.3 Å². The van der Waals surface area contributed by atoms with Crippen LogP contribution in [0.25, 0.3) is 5.57 Å². The fraction of sp³-hybridized carbons (Fsp3) is 0.150. The number of hydrogen-bond donors (Lipinski definition) is 2. The molecule has 0 aliphatic heterocycles. The molecular weight excluding hydrogens is 320 g/mol. The molecule has 5 heteroatoms. The Morgan fingerprint density at radius 1 is 0.800 bits per heavy atom. The maximum absolute atomic E-state index is 12.5. The van der Waals surface area contributed by atoms with Crippen molar-refractivity contribution in [1.82, 2.24) is 0 Å². The Morgan fingerprint density at radius 3 is 1.92 bits per heavy atom. The molecule has 0 amide bonds. The summed E-state index contributed by atoms with van der Waals surface area (Å²) >= 11 is 0. The van der Waals surface area contributed by atoms with E-state index in [0.717, 1.165) is 5.56 Å². The van der Waals surface area contributed by atoms with Gasteiger partial charge in [0.25, 0.3) is 0 Å². The highest BCUT2D eigenvalue weighted by Gasteiger charge is 2.21. The van der Waals surface area contributed by atoms with Gasteiger partial charge in [-0.05, 0) is 18.1 Å². The minimum absolute atomic E-state index is 0.179. The van der Waals surface area contributed by atoms with Crippen molar-refractivity contribution in [2.45, 2.75) is 19.8 Å². The minimum Gasteiger partial charge on any atom is -0.481 e. The van der Waals surface area contributed by atoms with E-state index >= 15 is 0 Å². The fourth-order valence-corrected chi connectivity index (χ4v) is 2.49. The summed E-state index contributed by atoms with van der Waals surface area (Å²) in [7, 11) is 0. The topological polar surface area (TPSA) is 91.7 Å². The van der Waals surface area contributed by atoms with E-state index in [1.807, 2.05) is 6.92 Å². The first kappa shape index (κ1) is 18.1. The van der Waals surface area contributed by atoms with Crippen LogP contribution in [0.3, 0.4) is 0 Å². The van der Waals surface area contributed by atoms with Crippen molar-refractivity contribution >= 4 is 23.3 Å². The number of hydrogen-bond acceptors (Lipinski definition) is 3. The van der Waals surface area contributed by atoms with E-state index in [1.165, 1.54) is 0 Å². The summed E-state index contributed by atoms with van der Waals surface area (Å²) in [4.78, 5) is 35.2. The molecular formula is C20H18O5. The third-order valence-electron chi connectivity index (χ3n) is 3.78. The van der Waals surface area contributed by atoms with Crippen molar-refractivity contribution in [3.8, 4) is 0 Å². The number of aryl methyl sites for hydroxylation is 1. The van der Waals surface area contributed by atoms with Gasteiger partial charge in [0.05, 0.1) is 12.0 Å². The number of carboxylic acid groups (broad SMARTS) is 2. The van der Waals surface area contributed by atoms with Crippen LogP contribution < -0.4 is 0 Å². The van der Waals surface area contributed by atoms with E-state index < -0.39 is 18.4 Å². The van der Waals surface area contributed by atoms with E-state index in [2.05, 4.69) is 0 Å². The Kier molecular flexibility index (Phi) is 5.84. The van der Waals surface area contributed by atoms with E-state index in [0.29, 0.717) is 11.1 Å². The highest BCUT2D eigenvalue weighted by Crippen LogP contribution is 2.27. The third kappa shape index (κ3) is 4.88. The summed E-state index contributed by atoms with van der Waals surface area (Å²) < 4.78 is 0. The van der Waals surface area contributed by atoms with Crippen LogP contribution in [-0.4, -0.2) is 27.9 Å². The maximum atomic E-state index is 12.5. The highest BCUT2D eigenvalue weighted by atomic mass is 16.4. The molecule has 0 unspecified atom stereocenters. The first-order valence-corrected chi connectivity index (χ1v) is 7.71. The second-order valence-electron chi connectivity index (χ2n) is 5.66. The third-order valence-corrected chi connectivity index (χ3v) is 3.78. The number of Topliss-reactive ketones (excluding diaryl/α,β-unsaturated/α-hetero) is 1. The van der Waals surface area contributed by atoms with Crippen LogP contribution in [-0.2, 0) is 9.59 Å². The lowest BCUT2D eigenvalue weighted by molar-refractivity contribution is -0.139. The molecule has 0 saturated carbocycles. The summed E-state index contributed by atoms with van der Waals surface area (Å²) in [5.41, 5.74) is 1.91. The molecule has 2 rings (SSSR count). The van der Waals surface area contributed by atoms with E-state index in [9.17, 15) is 19.5 Å². The molecule has 0 fully saturated rings. The molecule has 0 bridgehead atoms. The lowest BCUT2D eigenvalue weighted by atomic mass is 9.91. The molecule has 0 aliphatic carbocycles. The van der Waals surface area contributed by atoms with Gasteiger partial charge in [-0.2, -0.15) is 0 Å². The summed E-state index contributed by atoms with van der Waals surface area (Å²) in [5.74, 6) is -2.85. The minimum atomic E-state index is -1.33. The zero-order valence-corrected chi connectivity index (χ0v) is 13.7. The van der Waals surface area contributed by atoms with Gasteiger partial charge in [-0.3, -0.25) is 9.59 Å². The van der Waals surface area contributed by atoms with E-state index in [-0.39, 0.29) is 23.4 Å². The maximum Gasteiger partial charge on any atom is 0.332 e. The second kappa shape index (κ2) is 8.06. The van der Waals surface area contributed by atoms with Gasteiger partial charge >= 0.3 is 11.9 Å². The molecule has 0 aromatic heterocycles. The van der Waals surface area contributed by atoms with Crippen molar-refractivity contribution < 1.29 is 24.6 Å². The molecule has 2 N–H and O–H groups in total. The van der Waals surface area contributed by atoms with Gasteiger partial charge in [-0.1, -0.05) is 60.2 Å². The van der Waals surface area contributed by atoms with Crippen LogP contribution in [0, 0.1) is 6.92 Å². The van der Waals surface area contributed by atoms with E-state index in [4.69, 9.17) is 5.11 Å². The van der Waals surface area contributed by atoms with Crippen LogP contribution >= 0.6 is 0 Å². The van der Waals surface area contributed by atoms with Crippen molar-refractivity contribution in [1.29, 1.82) is 0 Å². The predicted octanol–water partition coefficient (Wildman–Crippen LogP) is 3.58. The monoisotopic (exact) mass is 338 g/mol. The first-order valence-electron chi connectivity index (χ1n) is 7.71. The molecule has 0 radical (unpaired) electrons. The van der Waals surface area contributed by atoms with Gasteiger partial charge < -0.3 is 10.2 Å². The Labute approximate surface area is 145 Å². The Hall–Kier alpha value is -3.21. The molecule has 0 atom stereocenters. The molecule has 0 heterocycles. The lowest BCUT2D eigenvalue weighted by Gasteiger charge is -2.12. The number of carbonyl (C=O) groups excluding carboxylic acids is 1. The predicted molar refractivity (Wildman–Crippen MR) is 93.4 cm³/mol. The molecule has 0 spiro atoms. The summed E-state index contributed by atoms with van der Waals surface area (Å²) in [6.45, 7) is 1.89. The smallest absolute Gasteiger partial charge is 0.332 e. The van der Waals surface area contributed by atoms with Gasteiger partial charge in [0, 0.05) is 12.0 Å². The van der Waals surface area contributed by atoms with Crippen molar-refractivity contribution in [3.05, 3.63) is 76.9 Å². The van der Waals surface area contributed by atoms with Crippen LogP contribution in [0.2, 0.25) is 0 Å². The quantitative estimate of drug-likeness (QED) is 0.595. The van der Waals surface area contributed by atoms with Crippen LogP contribution in [0.4, 0.5) is 0 Å². The number of ketones is 1. The summed E-state index contributed by atoms with van der Waals surface area (Å²) in [6, 6.07) is 15.5.